The van der Waals surface area contributed by atoms with E-state index >= 15 is 0 Å². The SMILES string of the molecule is OCCCCCN1CCCCC1CO. The van der Waals surface area contributed by atoms with Gasteiger partial charge < -0.3 is 10.2 Å². The number of aliphatic hydroxyl groups excluding tert-OH is 2. The van der Waals surface area contributed by atoms with E-state index in [1.807, 2.05) is 0 Å². The highest BCUT2D eigenvalue weighted by Crippen LogP contribution is 2.17. The Labute approximate surface area is 86.7 Å². The van der Waals surface area contributed by atoms with Gasteiger partial charge in [-0.2, -0.15) is 0 Å². The minimum absolute atomic E-state index is 0.306. The maximum Gasteiger partial charge on any atom is 0.0586 e. The first-order valence-corrected chi connectivity index (χ1v) is 5.84. The number of likely N-dealkylation sites (tertiary alicyclic amines) is 1. The average molecular weight is 201 g/mol. The highest BCUT2D eigenvalue weighted by molar-refractivity contribution is 4.75. The zero-order chi connectivity index (χ0) is 10.2. The average Bonchev–Trinajstić information content (AvgIpc) is 2.25. The van der Waals surface area contributed by atoms with Gasteiger partial charge in [-0.15, -0.1) is 0 Å². The fraction of sp³-hybridized carbons (Fsp3) is 1.00. The molecule has 1 unspecified atom stereocenters. The van der Waals surface area contributed by atoms with Gasteiger partial charge in [-0.3, -0.25) is 4.90 Å². The number of unbranched alkanes of at least 4 members (excludes halogenated alkanes) is 2. The van der Waals surface area contributed by atoms with Gasteiger partial charge in [0.25, 0.3) is 0 Å². The maximum absolute atomic E-state index is 9.18. The summed E-state index contributed by atoms with van der Waals surface area (Å²) in [6, 6.07) is 0.401. The molecule has 0 amide bonds. The maximum atomic E-state index is 9.18. The number of rotatable bonds is 6. The predicted octanol–water partition coefficient (Wildman–Crippen LogP) is 0.996. The second-order valence-electron chi connectivity index (χ2n) is 4.15. The number of hydrogen-bond donors (Lipinski definition) is 2. The van der Waals surface area contributed by atoms with Gasteiger partial charge >= 0.3 is 0 Å². The van der Waals surface area contributed by atoms with E-state index in [1.54, 1.807) is 0 Å². The third-order valence-electron chi connectivity index (χ3n) is 3.06. The van der Waals surface area contributed by atoms with Gasteiger partial charge in [-0.05, 0) is 45.2 Å². The first-order chi connectivity index (χ1) is 6.88. The molecule has 0 bridgehead atoms. The summed E-state index contributed by atoms with van der Waals surface area (Å²) in [6.07, 6.45) is 6.85. The van der Waals surface area contributed by atoms with Gasteiger partial charge in [0, 0.05) is 12.6 Å². The van der Waals surface area contributed by atoms with E-state index in [4.69, 9.17) is 5.11 Å². The zero-order valence-corrected chi connectivity index (χ0v) is 8.99. The molecule has 0 spiro atoms. The van der Waals surface area contributed by atoms with Crippen molar-refractivity contribution in [2.24, 2.45) is 0 Å². The molecule has 1 fully saturated rings. The van der Waals surface area contributed by atoms with Crippen molar-refractivity contribution in [2.75, 3.05) is 26.3 Å². The quantitative estimate of drug-likeness (QED) is 0.630. The normalized spacial score (nSPS) is 24.0. The highest BCUT2D eigenvalue weighted by Gasteiger charge is 2.20. The van der Waals surface area contributed by atoms with Crippen LogP contribution in [0.5, 0.6) is 0 Å². The number of aliphatic hydroxyl groups is 2. The van der Waals surface area contributed by atoms with E-state index < -0.39 is 0 Å². The van der Waals surface area contributed by atoms with Crippen LogP contribution >= 0.6 is 0 Å². The van der Waals surface area contributed by atoms with E-state index in [1.165, 1.54) is 12.8 Å². The zero-order valence-electron chi connectivity index (χ0n) is 8.99. The van der Waals surface area contributed by atoms with E-state index in [2.05, 4.69) is 4.90 Å². The van der Waals surface area contributed by atoms with Crippen LogP contribution in [0.15, 0.2) is 0 Å². The summed E-state index contributed by atoms with van der Waals surface area (Å²) in [7, 11) is 0. The van der Waals surface area contributed by atoms with Gasteiger partial charge in [-0.25, -0.2) is 0 Å². The first kappa shape index (κ1) is 12.0. The highest BCUT2D eigenvalue weighted by atomic mass is 16.3. The van der Waals surface area contributed by atoms with Gasteiger partial charge in [0.15, 0.2) is 0 Å². The third-order valence-corrected chi connectivity index (χ3v) is 3.06. The minimum atomic E-state index is 0.306. The lowest BCUT2D eigenvalue weighted by molar-refractivity contribution is 0.0882. The van der Waals surface area contributed by atoms with Crippen molar-refractivity contribution >= 4 is 0 Å². The summed E-state index contributed by atoms with van der Waals surface area (Å²) in [5, 5.41) is 17.8. The molecule has 0 aromatic heterocycles. The molecule has 1 aliphatic heterocycles. The number of piperidine rings is 1. The molecule has 0 aromatic carbocycles. The molecule has 0 saturated carbocycles. The first-order valence-electron chi connectivity index (χ1n) is 5.84. The second-order valence-corrected chi connectivity index (χ2v) is 4.15. The van der Waals surface area contributed by atoms with Crippen molar-refractivity contribution in [3.8, 4) is 0 Å². The van der Waals surface area contributed by atoms with Crippen LogP contribution in [0.2, 0.25) is 0 Å². The predicted molar refractivity (Wildman–Crippen MR) is 57.2 cm³/mol. The van der Waals surface area contributed by atoms with Crippen molar-refractivity contribution < 1.29 is 10.2 Å². The molecule has 1 aliphatic rings. The Morgan fingerprint density at radius 3 is 2.64 bits per heavy atom. The Morgan fingerprint density at radius 2 is 1.93 bits per heavy atom. The molecular weight excluding hydrogens is 178 g/mol. The molecule has 1 atom stereocenters. The molecule has 1 heterocycles. The summed E-state index contributed by atoms with van der Waals surface area (Å²) in [6.45, 7) is 2.85. The van der Waals surface area contributed by atoms with Crippen molar-refractivity contribution in [1.82, 2.24) is 4.90 Å². The lowest BCUT2D eigenvalue weighted by atomic mass is 10.0. The molecule has 1 rings (SSSR count). The van der Waals surface area contributed by atoms with E-state index in [0.717, 1.165) is 38.8 Å². The molecule has 0 aliphatic carbocycles. The smallest absolute Gasteiger partial charge is 0.0586 e. The molecule has 2 N–H and O–H groups in total. The molecule has 84 valence electrons. The van der Waals surface area contributed by atoms with Gasteiger partial charge in [0.2, 0.25) is 0 Å². The topological polar surface area (TPSA) is 43.7 Å². The van der Waals surface area contributed by atoms with Gasteiger partial charge in [-0.1, -0.05) is 6.42 Å². The van der Waals surface area contributed by atoms with Crippen LogP contribution in [0.3, 0.4) is 0 Å². The minimum Gasteiger partial charge on any atom is -0.396 e. The molecule has 14 heavy (non-hydrogen) atoms. The Kier molecular flexibility index (Phi) is 6.15. The number of nitrogens with zero attached hydrogens (tertiary/aromatic N) is 1. The van der Waals surface area contributed by atoms with Crippen LogP contribution in [-0.2, 0) is 0 Å². The summed E-state index contributed by atoms with van der Waals surface area (Å²) < 4.78 is 0. The summed E-state index contributed by atoms with van der Waals surface area (Å²) in [5.74, 6) is 0. The summed E-state index contributed by atoms with van der Waals surface area (Å²) in [4.78, 5) is 2.40. The van der Waals surface area contributed by atoms with Crippen LogP contribution in [0, 0.1) is 0 Å². The second kappa shape index (κ2) is 7.21. The van der Waals surface area contributed by atoms with E-state index in [-0.39, 0.29) is 0 Å². The molecule has 1 saturated heterocycles. The van der Waals surface area contributed by atoms with Crippen LogP contribution in [0.1, 0.15) is 38.5 Å². The van der Waals surface area contributed by atoms with Crippen molar-refractivity contribution in [1.29, 1.82) is 0 Å². The van der Waals surface area contributed by atoms with E-state index in [0.29, 0.717) is 19.3 Å². The monoisotopic (exact) mass is 201 g/mol. The molecular formula is C11H23NO2. The van der Waals surface area contributed by atoms with Crippen LogP contribution < -0.4 is 0 Å². The standard InChI is InChI=1S/C11H23NO2/c13-9-5-1-3-7-12-8-4-2-6-11(12)10-14/h11,13-14H,1-10H2. The number of hydrogen-bond acceptors (Lipinski definition) is 3. The summed E-state index contributed by atoms with van der Waals surface area (Å²) >= 11 is 0. The van der Waals surface area contributed by atoms with Crippen molar-refractivity contribution in [3.63, 3.8) is 0 Å². The molecule has 3 heteroatoms. The lowest BCUT2D eigenvalue weighted by Gasteiger charge is -2.34. The van der Waals surface area contributed by atoms with Crippen LogP contribution in [0.4, 0.5) is 0 Å². The molecule has 0 aromatic rings. The molecule has 0 radical (unpaired) electrons. The fourth-order valence-corrected chi connectivity index (χ4v) is 2.16. The van der Waals surface area contributed by atoms with Crippen molar-refractivity contribution in [2.45, 2.75) is 44.6 Å². The van der Waals surface area contributed by atoms with Crippen LogP contribution in [0.25, 0.3) is 0 Å². The Hall–Kier alpha value is -0.120. The largest absolute Gasteiger partial charge is 0.396 e. The Morgan fingerprint density at radius 1 is 1.07 bits per heavy atom. The van der Waals surface area contributed by atoms with E-state index in [9.17, 15) is 5.11 Å². The van der Waals surface area contributed by atoms with Crippen LogP contribution in [-0.4, -0.2) is 47.5 Å². The van der Waals surface area contributed by atoms with Gasteiger partial charge in [0.1, 0.15) is 0 Å². The van der Waals surface area contributed by atoms with Crippen molar-refractivity contribution in [3.05, 3.63) is 0 Å². The van der Waals surface area contributed by atoms with Gasteiger partial charge in [0.05, 0.1) is 6.61 Å². The lowest BCUT2D eigenvalue weighted by Crippen LogP contribution is -2.42. The Balaban J connectivity index is 2.13. The summed E-state index contributed by atoms with van der Waals surface area (Å²) in [5.41, 5.74) is 0. The third kappa shape index (κ3) is 3.95. The molecule has 3 nitrogen and oxygen atoms in total. The fourth-order valence-electron chi connectivity index (χ4n) is 2.16. The Bertz CT molecular complexity index is 141.